The van der Waals surface area contributed by atoms with Gasteiger partial charge in [-0.3, -0.25) is 0 Å². The number of thiophene rings is 1. The zero-order chi connectivity index (χ0) is 14.9. The Bertz CT molecular complexity index is 552. The van der Waals surface area contributed by atoms with Crippen LogP contribution in [0.4, 0.5) is 0 Å². The van der Waals surface area contributed by atoms with Crippen molar-refractivity contribution in [2.24, 2.45) is 5.92 Å². The normalized spacial score (nSPS) is 36.6. The third-order valence-electron chi connectivity index (χ3n) is 5.85. The van der Waals surface area contributed by atoms with E-state index in [1.165, 1.54) is 22.5 Å². The molecule has 2 unspecified atom stereocenters. The van der Waals surface area contributed by atoms with Gasteiger partial charge in [0.2, 0.25) is 0 Å². The minimum atomic E-state index is -0.263. The fourth-order valence-electron chi connectivity index (χ4n) is 3.52. The van der Waals surface area contributed by atoms with Crippen molar-refractivity contribution in [2.75, 3.05) is 13.2 Å². The number of hydrogen-bond donors (Lipinski definition) is 0. The van der Waals surface area contributed by atoms with Gasteiger partial charge in [0.05, 0.1) is 17.8 Å². The lowest BCUT2D eigenvalue weighted by Gasteiger charge is -2.32. The molecule has 3 nitrogen and oxygen atoms in total. The lowest BCUT2D eigenvalue weighted by Crippen LogP contribution is -2.41. The van der Waals surface area contributed by atoms with E-state index >= 15 is 0 Å². The van der Waals surface area contributed by atoms with E-state index < -0.39 is 0 Å². The summed E-state index contributed by atoms with van der Waals surface area (Å²) in [6, 6.07) is 4.48. The first-order valence-electron chi connectivity index (χ1n) is 7.88. The first-order valence-corrected chi connectivity index (χ1v) is 8.69. The highest BCUT2D eigenvalue weighted by molar-refractivity contribution is 7.22. The van der Waals surface area contributed by atoms with Gasteiger partial charge >= 0.3 is 7.12 Å². The molecule has 5 heteroatoms. The fourth-order valence-corrected chi connectivity index (χ4v) is 4.79. The molecule has 3 aliphatic rings. The summed E-state index contributed by atoms with van der Waals surface area (Å²) in [6.45, 7) is 10.3. The molecule has 0 amide bonds. The first-order chi connectivity index (χ1) is 9.84. The van der Waals surface area contributed by atoms with Gasteiger partial charge in [0, 0.05) is 21.7 Å². The summed E-state index contributed by atoms with van der Waals surface area (Å²) in [4.78, 5) is 1.50. The molecule has 4 rings (SSSR count). The van der Waals surface area contributed by atoms with Gasteiger partial charge in [-0.15, -0.1) is 11.3 Å². The second-order valence-corrected chi connectivity index (χ2v) is 8.79. The Balaban J connectivity index is 1.56. The van der Waals surface area contributed by atoms with Gasteiger partial charge in [0.25, 0.3) is 0 Å². The highest BCUT2D eigenvalue weighted by atomic mass is 32.1. The van der Waals surface area contributed by atoms with Crippen LogP contribution < -0.4 is 4.78 Å². The van der Waals surface area contributed by atoms with Crippen LogP contribution in [0.5, 0.6) is 0 Å². The van der Waals surface area contributed by atoms with E-state index in [1.54, 1.807) is 0 Å². The molecule has 2 atom stereocenters. The Morgan fingerprint density at radius 3 is 2.52 bits per heavy atom. The molecule has 114 valence electrons. The first kappa shape index (κ1) is 14.3. The quantitative estimate of drug-likeness (QED) is 0.786. The van der Waals surface area contributed by atoms with E-state index in [1.807, 2.05) is 11.3 Å². The molecule has 0 spiro atoms. The molecule has 1 aliphatic carbocycles. The van der Waals surface area contributed by atoms with Crippen molar-refractivity contribution in [3.63, 3.8) is 0 Å². The molecule has 0 N–H and O–H groups in total. The van der Waals surface area contributed by atoms with Crippen LogP contribution >= 0.6 is 11.3 Å². The molecule has 1 saturated carbocycles. The third-order valence-corrected chi connectivity index (χ3v) is 7.17. The van der Waals surface area contributed by atoms with Crippen molar-refractivity contribution in [3.05, 3.63) is 17.0 Å². The van der Waals surface area contributed by atoms with Crippen molar-refractivity contribution in [2.45, 2.75) is 57.2 Å². The standard InChI is InChI=1S/C16H23BO3S/c1-14(2)15(3,4)20-17(19-14)13-6-5-12(21-13)16-7-8-18-10-11(16)9-16/h5-6,11H,7-10H2,1-4H3. The molecule has 2 saturated heterocycles. The number of fused-ring (bicyclic) bond motifs is 1. The Hall–Kier alpha value is -0.355. The van der Waals surface area contributed by atoms with Crippen LogP contribution in [-0.4, -0.2) is 31.5 Å². The monoisotopic (exact) mass is 306 g/mol. The van der Waals surface area contributed by atoms with Crippen LogP contribution in [0, 0.1) is 5.92 Å². The van der Waals surface area contributed by atoms with Gasteiger partial charge in [0.15, 0.2) is 0 Å². The van der Waals surface area contributed by atoms with Gasteiger partial charge in [-0.2, -0.15) is 0 Å². The molecule has 0 radical (unpaired) electrons. The van der Waals surface area contributed by atoms with E-state index in [0.717, 1.165) is 19.1 Å². The van der Waals surface area contributed by atoms with Crippen LogP contribution in [0.25, 0.3) is 0 Å². The molecule has 1 aromatic rings. The van der Waals surface area contributed by atoms with Crippen molar-refractivity contribution in [3.8, 4) is 0 Å². The van der Waals surface area contributed by atoms with Crippen LogP contribution in [0.2, 0.25) is 0 Å². The van der Waals surface area contributed by atoms with E-state index in [4.69, 9.17) is 14.0 Å². The van der Waals surface area contributed by atoms with E-state index in [-0.39, 0.29) is 18.3 Å². The highest BCUT2D eigenvalue weighted by Gasteiger charge is 2.58. The SMILES string of the molecule is CC1(C)OB(c2ccc(C34CCOCC3C4)s2)OC1(C)C. The smallest absolute Gasteiger partial charge is 0.399 e. The van der Waals surface area contributed by atoms with Crippen molar-refractivity contribution >= 4 is 23.2 Å². The Kier molecular flexibility index (Phi) is 2.95. The summed E-state index contributed by atoms with van der Waals surface area (Å²) in [5.74, 6) is 0.732. The molecular formula is C16H23BO3S. The zero-order valence-electron chi connectivity index (χ0n) is 13.3. The van der Waals surface area contributed by atoms with Crippen LogP contribution in [0.15, 0.2) is 12.1 Å². The summed E-state index contributed by atoms with van der Waals surface area (Å²) in [5.41, 5.74) is -0.118. The molecule has 21 heavy (non-hydrogen) atoms. The summed E-state index contributed by atoms with van der Waals surface area (Å²) in [5, 5.41) is 0. The molecule has 2 aliphatic heterocycles. The Morgan fingerprint density at radius 2 is 1.86 bits per heavy atom. The summed E-state index contributed by atoms with van der Waals surface area (Å²) in [6.07, 6.45) is 2.46. The topological polar surface area (TPSA) is 27.7 Å². The Morgan fingerprint density at radius 1 is 1.14 bits per heavy atom. The number of rotatable bonds is 2. The molecule has 3 fully saturated rings. The highest BCUT2D eigenvalue weighted by Crippen LogP contribution is 2.59. The minimum Gasteiger partial charge on any atom is -0.399 e. The Labute approximate surface area is 131 Å². The average molecular weight is 306 g/mol. The molecular weight excluding hydrogens is 283 g/mol. The second kappa shape index (κ2) is 4.35. The minimum absolute atomic E-state index is 0.220. The van der Waals surface area contributed by atoms with E-state index in [9.17, 15) is 0 Å². The molecule has 1 aromatic heterocycles. The largest absolute Gasteiger partial charge is 0.505 e. The third kappa shape index (κ3) is 2.05. The predicted octanol–water partition coefficient (Wildman–Crippen LogP) is 2.73. The van der Waals surface area contributed by atoms with Gasteiger partial charge in [-0.1, -0.05) is 6.07 Å². The van der Waals surface area contributed by atoms with Gasteiger partial charge in [-0.25, -0.2) is 0 Å². The van der Waals surface area contributed by atoms with Gasteiger partial charge < -0.3 is 14.0 Å². The fraction of sp³-hybridized carbons (Fsp3) is 0.750. The molecule has 0 aromatic carbocycles. The van der Waals surface area contributed by atoms with Crippen LogP contribution in [-0.2, 0) is 19.5 Å². The number of ether oxygens (including phenoxy) is 1. The maximum Gasteiger partial charge on any atom is 0.505 e. The second-order valence-electron chi connectivity index (χ2n) is 7.67. The maximum absolute atomic E-state index is 6.16. The number of hydrogen-bond acceptors (Lipinski definition) is 4. The molecule has 3 heterocycles. The van der Waals surface area contributed by atoms with Crippen molar-refractivity contribution in [1.82, 2.24) is 0 Å². The average Bonchev–Trinajstić information content (AvgIpc) is 2.85. The summed E-state index contributed by atoms with van der Waals surface area (Å²) >= 11 is 1.87. The van der Waals surface area contributed by atoms with E-state index in [0.29, 0.717) is 5.41 Å². The van der Waals surface area contributed by atoms with Crippen LogP contribution in [0.1, 0.15) is 45.4 Å². The maximum atomic E-state index is 6.16. The predicted molar refractivity (Wildman–Crippen MR) is 85.3 cm³/mol. The van der Waals surface area contributed by atoms with Crippen molar-refractivity contribution in [1.29, 1.82) is 0 Å². The summed E-state index contributed by atoms with van der Waals surface area (Å²) < 4.78 is 19.1. The van der Waals surface area contributed by atoms with Crippen LogP contribution in [0.3, 0.4) is 0 Å². The van der Waals surface area contributed by atoms with Gasteiger partial charge in [-0.05, 0) is 52.5 Å². The zero-order valence-corrected chi connectivity index (χ0v) is 14.1. The van der Waals surface area contributed by atoms with Gasteiger partial charge in [0.1, 0.15) is 0 Å². The molecule has 0 bridgehead atoms. The lowest BCUT2D eigenvalue weighted by atomic mass is 9.88. The van der Waals surface area contributed by atoms with Crippen molar-refractivity contribution < 1.29 is 14.0 Å². The summed E-state index contributed by atoms with van der Waals surface area (Å²) in [7, 11) is -0.220. The van der Waals surface area contributed by atoms with E-state index in [2.05, 4.69) is 39.8 Å². The lowest BCUT2D eigenvalue weighted by molar-refractivity contribution is 0.00578.